The molecule has 1 fully saturated rings. The third kappa shape index (κ3) is 2.48. The van der Waals surface area contributed by atoms with Gasteiger partial charge in [-0.05, 0) is 30.9 Å². The number of rotatable bonds is 1. The Morgan fingerprint density at radius 3 is 2.57 bits per heavy atom. The van der Waals surface area contributed by atoms with Crippen molar-refractivity contribution in [3.8, 4) is 0 Å². The first-order valence-corrected chi connectivity index (χ1v) is 7.43. The minimum Gasteiger partial charge on any atom is -0.481 e. The summed E-state index contributed by atoms with van der Waals surface area (Å²) in [5, 5.41) is 9.17. The molecule has 1 aromatic carbocycles. The van der Waals surface area contributed by atoms with E-state index < -0.39 is 11.9 Å². The van der Waals surface area contributed by atoms with E-state index >= 15 is 0 Å². The van der Waals surface area contributed by atoms with Gasteiger partial charge in [0.15, 0.2) is 0 Å². The van der Waals surface area contributed by atoms with Crippen molar-refractivity contribution < 1.29 is 14.7 Å². The van der Waals surface area contributed by atoms with E-state index in [1.54, 1.807) is 4.90 Å². The highest BCUT2D eigenvalue weighted by molar-refractivity contribution is 5.78. The lowest BCUT2D eigenvalue weighted by Crippen LogP contribution is -2.47. The van der Waals surface area contributed by atoms with Crippen LogP contribution < -0.4 is 0 Å². The number of carbonyl (C=O) groups is 2. The van der Waals surface area contributed by atoms with Crippen molar-refractivity contribution in [1.29, 1.82) is 0 Å². The maximum atomic E-state index is 12.6. The number of carbonyl (C=O) groups excluding carboxylic acids is 1. The van der Waals surface area contributed by atoms with Crippen molar-refractivity contribution >= 4 is 12.0 Å². The summed E-state index contributed by atoms with van der Waals surface area (Å²) in [6, 6.07) is 7.92. The summed E-state index contributed by atoms with van der Waals surface area (Å²) >= 11 is 0. The average Bonchev–Trinajstić information content (AvgIpc) is 2.88. The molecule has 112 valence electrons. The van der Waals surface area contributed by atoms with Crippen molar-refractivity contribution in [1.82, 2.24) is 9.80 Å². The van der Waals surface area contributed by atoms with Crippen LogP contribution in [0.15, 0.2) is 24.3 Å². The molecule has 1 saturated heterocycles. The monoisotopic (exact) mass is 288 g/mol. The van der Waals surface area contributed by atoms with Crippen LogP contribution in [-0.4, -0.2) is 46.0 Å². The Hall–Kier alpha value is -2.04. The van der Waals surface area contributed by atoms with Crippen molar-refractivity contribution in [3.63, 3.8) is 0 Å². The number of amides is 2. The zero-order valence-electron chi connectivity index (χ0n) is 12.2. The predicted octanol–water partition coefficient (Wildman–Crippen LogP) is 1.96. The number of aliphatic carboxylic acids is 1. The zero-order chi connectivity index (χ0) is 15.0. The van der Waals surface area contributed by atoms with Crippen LogP contribution >= 0.6 is 0 Å². The van der Waals surface area contributed by atoms with Gasteiger partial charge in [-0.15, -0.1) is 0 Å². The molecule has 0 bridgehead atoms. The molecule has 2 heterocycles. The fourth-order valence-corrected chi connectivity index (χ4v) is 3.38. The molecule has 0 aliphatic carbocycles. The summed E-state index contributed by atoms with van der Waals surface area (Å²) in [5.74, 6) is -1.24. The van der Waals surface area contributed by atoms with Crippen LogP contribution in [0.3, 0.4) is 0 Å². The van der Waals surface area contributed by atoms with E-state index in [1.165, 1.54) is 11.1 Å². The third-order valence-corrected chi connectivity index (χ3v) is 4.72. The van der Waals surface area contributed by atoms with E-state index in [0.29, 0.717) is 26.1 Å². The first kappa shape index (κ1) is 13.9. The van der Waals surface area contributed by atoms with E-state index in [0.717, 1.165) is 6.42 Å². The summed E-state index contributed by atoms with van der Waals surface area (Å²) in [6.45, 7) is 3.70. The quantitative estimate of drug-likeness (QED) is 0.859. The van der Waals surface area contributed by atoms with Crippen LogP contribution in [-0.2, 0) is 17.8 Å². The molecular formula is C16H20N2O3. The fraction of sp³-hybridized carbons (Fsp3) is 0.500. The first-order chi connectivity index (χ1) is 10.1. The normalized spacial score (nSPS) is 24.8. The third-order valence-electron chi connectivity index (χ3n) is 4.72. The second-order valence-corrected chi connectivity index (χ2v) is 5.89. The van der Waals surface area contributed by atoms with Gasteiger partial charge in [-0.1, -0.05) is 24.3 Å². The topological polar surface area (TPSA) is 60.9 Å². The minimum absolute atomic E-state index is 0.0271. The second kappa shape index (κ2) is 5.39. The van der Waals surface area contributed by atoms with Gasteiger partial charge in [0.2, 0.25) is 0 Å². The molecule has 5 nitrogen and oxygen atoms in total. The Kier molecular flexibility index (Phi) is 3.57. The van der Waals surface area contributed by atoms with Gasteiger partial charge in [0, 0.05) is 25.7 Å². The number of hydrogen-bond donors (Lipinski definition) is 1. The van der Waals surface area contributed by atoms with Gasteiger partial charge in [0.25, 0.3) is 0 Å². The van der Waals surface area contributed by atoms with E-state index in [-0.39, 0.29) is 12.1 Å². The fourth-order valence-electron chi connectivity index (χ4n) is 3.38. The smallest absolute Gasteiger partial charge is 0.320 e. The van der Waals surface area contributed by atoms with E-state index in [9.17, 15) is 14.7 Å². The number of likely N-dealkylation sites (tertiary alicyclic amines) is 1. The molecule has 0 saturated carbocycles. The number of benzene rings is 1. The Labute approximate surface area is 124 Å². The van der Waals surface area contributed by atoms with Crippen molar-refractivity contribution in [2.45, 2.75) is 32.4 Å². The number of urea groups is 1. The maximum absolute atomic E-state index is 12.6. The standard InChI is InChI=1S/C16H20N2O3/c1-11-14(15(19)20)7-9-18(11)16(21)17-8-6-12-4-2-3-5-13(12)10-17/h2-5,11,14H,6-10H2,1H3,(H,19,20). The van der Waals surface area contributed by atoms with Crippen LogP contribution in [0.25, 0.3) is 0 Å². The molecule has 2 aliphatic heterocycles. The number of hydrogen-bond acceptors (Lipinski definition) is 2. The summed E-state index contributed by atoms with van der Waals surface area (Å²) in [5.41, 5.74) is 2.50. The summed E-state index contributed by atoms with van der Waals surface area (Å²) in [4.78, 5) is 27.4. The van der Waals surface area contributed by atoms with Crippen LogP contribution in [0.4, 0.5) is 4.79 Å². The molecule has 5 heteroatoms. The van der Waals surface area contributed by atoms with E-state index in [4.69, 9.17) is 0 Å². The van der Waals surface area contributed by atoms with Gasteiger partial charge in [0.05, 0.1) is 5.92 Å². The Balaban J connectivity index is 1.71. The lowest BCUT2D eigenvalue weighted by Gasteiger charge is -2.34. The SMILES string of the molecule is CC1C(C(=O)O)CCN1C(=O)N1CCc2ccccc2C1. The highest BCUT2D eigenvalue weighted by Gasteiger charge is 2.40. The molecule has 1 aromatic rings. The molecule has 2 unspecified atom stereocenters. The van der Waals surface area contributed by atoms with Crippen LogP contribution in [0.1, 0.15) is 24.5 Å². The lowest BCUT2D eigenvalue weighted by atomic mass is 10.00. The Bertz CT molecular complexity index is 572. The second-order valence-electron chi connectivity index (χ2n) is 5.89. The Morgan fingerprint density at radius 2 is 1.90 bits per heavy atom. The van der Waals surface area contributed by atoms with E-state index in [1.807, 2.05) is 24.0 Å². The molecule has 2 amide bonds. The zero-order valence-corrected chi connectivity index (χ0v) is 12.2. The van der Waals surface area contributed by atoms with E-state index in [2.05, 4.69) is 12.1 Å². The molecule has 3 rings (SSSR count). The molecule has 2 aliphatic rings. The number of carboxylic acid groups (broad SMARTS) is 1. The van der Waals surface area contributed by atoms with Gasteiger partial charge in [0.1, 0.15) is 0 Å². The molecule has 0 aromatic heterocycles. The first-order valence-electron chi connectivity index (χ1n) is 7.43. The highest BCUT2D eigenvalue weighted by Crippen LogP contribution is 2.27. The lowest BCUT2D eigenvalue weighted by molar-refractivity contribution is -0.142. The van der Waals surface area contributed by atoms with Crippen molar-refractivity contribution in [3.05, 3.63) is 35.4 Å². The van der Waals surface area contributed by atoms with Crippen LogP contribution in [0, 0.1) is 5.92 Å². The largest absolute Gasteiger partial charge is 0.481 e. The number of carboxylic acids is 1. The average molecular weight is 288 g/mol. The molecule has 1 N–H and O–H groups in total. The Morgan fingerprint density at radius 1 is 1.19 bits per heavy atom. The van der Waals surface area contributed by atoms with Gasteiger partial charge >= 0.3 is 12.0 Å². The molecule has 21 heavy (non-hydrogen) atoms. The van der Waals surface area contributed by atoms with Gasteiger partial charge in [-0.2, -0.15) is 0 Å². The maximum Gasteiger partial charge on any atom is 0.320 e. The summed E-state index contributed by atoms with van der Waals surface area (Å²) < 4.78 is 0. The predicted molar refractivity (Wildman–Crippen MR) is 77.9 cm³/mol. The van der Waals surface area contributed by atoms with Crippen molar-refractivity contribution in [2.24, 2.45) is 5.92 Å². The number of nitrogens with zero attached hydrogens (tertiary/aromatic N) is 2. The molecule has 2 atom stereocenters. The van der Waals surface area contributed by atoms with Crippen LogP contribution in [0.2, 0.25) is 0 Å². The highest BCUT2D eigenvalue weighted by atomic mass is 16.4. The minimum atomic E-state index is -0.804. The molecule has 0 radical (unpaired) electrons. The molecular weight excluding hydrogens is 268 g/mol. The molecule has 0 spiro atoms. The summed E-state index contributed by atoms with van der Waals surface area (Å²) in [6.07, 6.45) is 1.42. The van der Waals surface area contributed by atoms with Gasteiger partial charge in [-0.3, -0.25) is 4.79 Å². The van der Waals surface area contributed by atoms with Gasteiger partial charge < -0.3 is 14.9 Å². The van der Waals surface area contributed by atoms with Gasteiger partial charge in [-0.25, -0.2) is 4.79 Å². The van der Waals surface area contributed by atoms with Crippen molar-refractivity contribution in [2.75, 3.05) is 13.1 Å². The van der Waals surface area contributed by atoms with Crippen LogP contribution in [0.5, 0.6) is 0 Å². The number of fused-ring (bicyclic) bond motifs is 1. The summed E-state index contributed by atoms with van der Waals surface area (Å²) in [7, 11) is 0.